The minimum Gasteiger partial charge on any atom is -0.376 e. The Morgan fingerprint density at radius 2 is 2.22 bits per heavy atom. The van der Waals surface area contributed by atoms with Crippen LogP contribution in [0.2, 0.25) is 0 Å². The van der Waals surface area contributed by atoms with Crippen LogP contribution in [0.15, 0.2) is 6.07 Å². The molecule has 0 aliphatic carbocycles. The highest BCUT2D eigenvalue weighted by molar-refractivity contribution is 5.92. The Bertz CT molecular complexity index is 592. The molecule has 2 aliphatic heterocycles. The molecular weight excluding hydrogens is 296 g/mol. The van der Waals surface area contributed by atoms with E-state index in [9.17, 15) is 9.59 Å². The molecule has 126 valence electrons. The molecule has 7 heteroatoms. The Labute approximate surface area is 136 Å². The lowest BCUT2D eigenvalue weighted by atomic mass is 10.2. The molecule has 0 radical (unpaired) electrons. The van der Waals surface area contributed by atoms with E-state index in [0.29, 0.717) is 18.8 Å². The molecule has 1 unspecified atom stereocenters. The lowest BCUT2D eigenvalue weighted by molar-refractivity contribution is -0.129. The van der Waals surface area contributed by atoms with E-state index in [4.69, 9.17) is 4.74 Å². The molecule has 0 bridgehead atoms. The van der Waals surface area contributed by atoms with Crippen molar-refractivity contribution in [2.45, 2.75) is 45.4 Å². The Morgan fingerprint density at radius 3 is 2.91 bits per heavy atom. The third kappa shape index (κ3) is 3.55. The Morgan fingerprint density at radius 1 is 1.39 bits per heavy atom. The van der Waals surface area contributed by atoms with Gasteiger partial charge in [-0.05, 0) is 25.3 Å². The fourth-order valence-corrected chi connectivity index (χ4v) is 3.21. The normalized spacial score (nSPS) is 21.0. The zero-order valence-electron chi connectivity index (χ0n) is 13.8. The zero-order valence-corrected chi connectivity index (χ0v) is 13.8. The van der Waals surface area contributed by atoms with Crippen LogP contribution in [0, 0.1) is 0 Å². The van der Waals surface area contributed by atoms with Crippen molar-refractivity contribution in [3.05, 3.63) is 17.5 Å². The maximum atomic E-state index is 12.6. The summed E-state index contributed by atoms with van der Waals surface area (Å²) in [5.74, 6) is -0.0292. The first kappa shape index (κ1) is 16.0. The summed E-state index contributed by atoms with van der Waals surface area (Å²) in [4.78, 5) is 27.7. The largest absolute Gasteiger partial charge is 0.376 e. The van der Waals surface area contributed by atoms with E-state index in [0.717, 1.165) is 44.7 Å². The number of rotatable bonds is 3. The van der Waals surface area contributed by atoms with Gasteiger partial charge in [0.1, 0.15) is 0 Å². The summed E-state index contributed by atoms with van der Waals surface area (Å²) in [6.45, 7) is 4.95. The number of aromatic nitrogens is 2. The second kappa shape index (κ2) is 6.70. The van der Waals surface area contributed by atoms with Gasteiger partial charge in [0.2, 0.25) is 5.91 Å². The Balaban J connectivity index is 1.70. The van der Waals surface area contributed by atoms with Crippen LogP contribution < -0.4 is 0 Å². The number of nitrogens with zero attached hydrogens (tertiary/aromatic N) is 4. The molecular formula is C16H24N4O3. The minimum atomic E-state index is -0.0875. The van der Waals surface area contributed by atoms with E-state index in [1.54, 1.807) is 23.8 Å². The van der Waals surface area contributed by atoms with Crippen molar-refractivity contribution in [2.24, 2.45) is 0 Å². The number of carbonyl (C=O) groups is 2. The van der Waals surface area contributed by atoms with Crippen molar-refractivity contribution in [1.29, 1.82) is 0 Å². The SMILES string of the molecule is CC(=O)N1CCCn2nc(C(=O)N(C)CC3CCCO3)cc2C1. The van der Waals surface area contributed by atoms with E-state index in [1.165, 1.54) is 0 Å². The third-order valence-electron chi connectivity index (χ3n) is 4.53. The van der Waals surface area contributed by atoms with Crippen molar-refractivity contribution in [1.82, 2.24) is 19.6 Å². The van der Waals surface area contributed by atoms with Crippen LogP contribution in [-0.2, 0) is 22.6 Å². The molecule has 0 N–H and O–H groups in total. The molecule has 1 aromatic rings. The van der Waals surface area contributed by atoms with Crippen LogP contribution in [0.25, 0.3) is 0 Å². The summed E-state index contributed by atoms with van der Waals surface area (Å²) in [7, 11) is 1.79. The molecule has 23 heavy (non-hydrogen) atoms. The standard InChI is InChI=1S/C16H24N4O3/c1-12(21)19-6-4-7-20-13(10-19)9-15(17-20)16(22)18(2)11-14-5-3-8-23-14/h9,14H,3-8,10-11H2,1-2H3. The summed E-state index contributed by atoms with van der Waals surface area (Å²) >= 11 is 0. The number of amides is 2. The monoisotopic (exact) mass is 320 g/mol. The molecule has 2 aliphatic rings. The van der Waals surface area contributed by atoms with Gasteiger partial charge in [0.05, 0.1) is 18.3 Å². The first-order valence-corrected chi connectivity index (χ1v) is 8.24. The van der Waals surface area contributed by atoms with Crippen molar-refractivity contribution >= 4 is 11.8 Å². The number of fused-ring (bicyclic) bond motifs is 1. The summed E-state index contributed by atoms with van der Waals surface area (Å²) in [6.07, 6.45) is 3.06. The molecule has 0 spiro atoms. The fraction of sp³-hybridized carbons (Fsp3) is 0.688. The van der Waals surface area contributed by atoms with E-state index >= 15 is 0 Å². The quantitative estimate of drug-likeness (QED) is 0.829. The Hall–Kier alpha value is -1.89. The van der Waals surface area contributed by atoms with E-state index in [2.05, 4.69) is 5.10 Å². The van der Waals surface area contributed by atoms with Crippen molar-refractivity contribution < 1.29 is 14.3 Å². The number of likely N-dealkylation sites (N-methyl/N-ethyl adjacent to an activating group) is 1. The minimum absolute atomic E-state index is 0.0584. The molecule has 1 fully saturated rings. The number of hydrogen-bond acceptors (Lipinski definition) is 4. The highest BCUT2D eigenvalue weighted by atomic mass is 16.5. The van der Waals surface area contributed by atoms with Gasteiger partial charge in [-0.3, -0.25) is 14.3 Å². The van der Waals surface area contributed by atoms with E-state index in [-0.39, 0.29) is 17.9 Å². The molecule has 7 nitrogen and oxygen atoms in total. The van der Waals surface area contributed by atoms with Crippen molar-refractivity contribution in [2.75, 3.05) is 26.7 Å². The second-order valence-electron chi connectivity index (χ2n) is 6.36. The van der Waals surface area contributed by atoms with Gasteiger partial charge in [0.15, 0.2) is 5.69 Å². The molecule has 3 rings (SSSR count). The van der Waals surface area contributed by atoms with Crippen LogP contribution in [0.5, 0.6) is 0 Å². The molecule has 3 heterocycles. The van der Waals surface area contributed by atoms with Gasteiger partial charge in [-0.25, -0.2) is 0 Å². The molecule has 0 aromatic carbocycles. The van der Waals surface area contributed by atoms with Crippen LogP contribution in [0.4, 0.5) is 0 Å². The van der Waals surface area contributed by atoms with Gasteiger partial charge in [-0.1, -0.05) is 0 Å². The highest BCUT2D eigenvalue weighted by Crippen LogP contribution is 2.17. The molecule has 1 saturated heterocycles. The van der Waals surface area contributed by atoms with Crippen molar-refractivity contribution in [3.8, 4) is 0 Å². The highest BCUT2D eigenvalue weighted by Gasteiger charge is 2.25. The summed E-state index contributed by atoms with van der Waals surface area (Å²) in [5.41, 5.74) is 1.37. The zero-order chi connectivity index (χ0) is 16.4. The predicted molar refractivity (Wildman–Crippen MR) is 83.9 cm³/mol. The third-order valence-corrected chi connectivity index (χ3v) is 4.53. The van der Waals surface area contributed by atoms with Crippen LogP contribution >= 0.6 is 0 Å². The lowest BCUT2D eigenvalue weighted by Crippen LogP contribution is -2.34. The molecule has 1 aromatic heterocycles. The van der Waals surface area contributed by atoms with Crippen molar-refractivity contribution in [3.63, 3.8) is 0 Å². The first-order valence-electron chi connectivity index (χ1n) is 8.24. The number of ether oxygens (including phenoxy) is 1. The summed E-state index contributed by atoms with van der Waals surface area (Å²) in [6, 6.07) is 1.82. The number of hydrogen-bond donors (Lipinski definition) is 0. The molecule has 0 saturated carbocycles. The van der Waals surface area contributed by atoms with Gasteiger partial charge in [0.25, 0.3) is 5.91 Å². The first-order chi connectivity index (χ1) is 11.0. The summed E-state index contributed by atoms with van der Waals surface area (Å²) < 4.78 is 7.44. The molecule has 2 amide bonds. The average Bonchev–Trinajstić information content (AvgIpc) is 3.12. The van der Waals surface area contributed by atoms with E-state index in [1.807, 2.05) is 10.7 Å². The van der Waals surface area contributed by atoms with Crippen LogP contribution in [0.1, 0.15) is 42.4 Å². The predicted octanol–water partition coefficient (Wildman–Crippen LogP) is 0.886. The van der Waals surface area contributed by atoms with Gasteiger partial charge < -0.3 is 14.5 Å². The van der Waals surface area contributed by atoms with Gasteiger partial charge in [-0.2, -0.15) is 5.10 Å². The maximum Gasteiger partial charge on any atom is 0.274 e. The maximum absolute atomic E-state index is 12.6. The van der Waals surface area contributed by atoms with Gasteiger partial charge in [0, 0.05) is 40.2 Å². The van der Waals surface area contributed by atoms with Crippen LogP contribution in [0.3, 0.4) is 0 Å². The van der Waals surface area contributed by atoms with Crippen LogP contribution in [-0.4, -0.2) is 64.2 Å². The van der Waals surface area contributed by atoms with E-state index < -0.39 is 0 Å². The smallest absolute Gasteiger partial charge is 0.274 e. The topological polar surface area (TPSA) is 67.7 Å². The lowest BCUT2D eigenvalue weighted by Gasteiger charge is -2.19. The summed E-state index contributed by atoms with van der Waals surface area (Å²) in [5, 5.41) is 4.45. The van der Waals surface area contributed by atoms with Gasteiger partial charge >= 0.3 is 0 Å². The Kier molecular flexibility index (Phi) is 4.66. The molecule has 1 atom stereocenters. The number of carbonyl (C=O) groups excluding carboxylic acids is 2. The van der Waals surface area contributed by atoms with Gasteiger partial charge in [-0.15, -0.1) is 0 Å². The fourth-order valence-electron chi connectivity index (χ4n) is 3.21. The number of aryl methyl sites for hydroxylation is 1. The average molecular weight is 320 g/mol. The second-order valence-corrected chi connectivity index (χ2v) is 6.36.